The molecule has 0 radical (unpaired) electrons. The third-order valence-electron chi connectivity index (χ3n) is 2.92. The zero-order valence-electron chi connectivity index (χ0n) is 9.92. The number of ketones is 1. The second-order valence-electron chi connectivity index (χ2n) is 4.57. The number of rotatable bonds is 4. The van der Waals surface area contributed by atoms with E-state index in [2.05, 4.69) is 6.58 Å². The van der Waals surface area contributed by atoms with E-state index >= 15 is 0 Å². The number of hydrogen-bond donors (Lipinski definition) is 0. The van der Waals surface area contributed by atoms with Gasteiger partial charge in [0.05, 0.1) is 5.57 Å². The van der Waals surface area contributed by atoms with E-state index in [9.17, 15) is 4.79 Å². The van der Waals surface area contributed by atoms with Gasteiger partial charge >= 0.3 is 0 Å². The molecule has 2 nitrogen and oxygen atoms in total. The molecule has 84 valence electrons. The molecule has 0 saturated carbocycles. The number of hydrogen-bond acceptors (Lipinski definition) is 2. The Bertz CT molecular complexity index is 405. The maximum Gasteiger partial charge on any atom is 0.196 e. The normalized spacial score (nSPS) is 18.4. The Balaban J connectivity index is 3.00. The summed E-state index contributed by atoms with van der Waals surface area (Å²) >= 11 is 0. The Kier molecular flexibility index (Phi) is 3.84. The number of nitrogens with zero attached hydrogens (tertiary/aromatic N) is 1. The van der Waals surface area contributed by atoms with Gasteiger partial charge in [0, 0.05) is 5.41 Å². The number of allylic oxidation sites excluding steroid dienone is 5. The van der Waals surface area contributed by atoms with E-state index in [-0.39, 0.29) is 11.2 Å². The van der Waals surface area contributed by atoms with Crippen LogP contribution >= 0.6 is 0 Å². The van der Waals surface area contributed by atoms with Crippen LogP contribution in [0.5, 0.6) is 0 Å². The van der Waals surface area contributed by atoms with E-state index in [0.29, 0.717) is 5.57 Å². The largest absolute Gasteiger partial charge is 0.288 e. The van der Waals surface area contributed by atoms with Crippen LogP contribution in [0.15, 0.2) is 36.0 Å². The van der Waals surface area contributed by atoms with Crippen molar-refractivity contribution in [2.24, 2.45) is 5.41 Å². The molecule has 0 atom stereocenters. The molecular weight excluding hydrogens is 198 g/mol. The van der Waals surface area contributed by atoms with Crippen LogP contribution in [0, 0.1) is 16.7 Å². The molecule has 2 heteroatoms. The first-order chi connectivity index (χ1) is 7.53. The Labute approximate surface area is 97.0 Å². The summed E-state index contributed by atoms with van der Waals surface area (Å²) in [6.45, 7) is 7.75. The molecule has 0 aliphatic heterocycles. The fourth-order valence-corrected chi connectivity index (χ4v) is 1.93. The molecule has 0 unspecified atom stereocenters. The fraction of sp³-hybridized carbons (Fsp3) is 0.429. The van der Waals surface area contributed by atoms with Crippen molar-refractivity contribution in [3.8, 4) is 6.07 Å². The number of carbonyl (C=O) groups is 1. The van der Waals surface area contributed by atoms with Gasteiger partial charge in [-0.2, -0.15) is 5.26 Å². The first-order valence-electron chi connectivity index (χ1n) is 5.51. The summed E-state index contributed by atoms with van der Waals surface area (Å²) in [4.78, 5) is 11.6. The number of unbranched alkanes of at least 4 members (excludes halogenated alkanes) is 1. The summed E-state index contributed by atoms with van der Waals surface area (Å²) in [7, 11) is 0. The average Bonchev–Trinajstić information content (AvgIpc) is 2.24. The SMILES string of the molecule is C=CCCCC1=C(C#N)C(=O)C=CC1(C)C. The van der Waals surface area contributed by atoms with Gasteiger partial charge in [-0.25, -0.2) is 0 Å². The number of nitriles is 1. The standard InChI is InChI=1S/C14H17NO/c1-4-5-6-7-12-11(10-15)13(16)8-9-14(12,2)3/h4,8-9H,1,5-7H2,2-3H3. The predicted octanol–water partition coefficient (Wildman–Crippen LogP) is 3.33. The van der Waals surface area contributed by atoms with E-state index in [1.165, 1.54) is 6.08 Å². The molecule has 0 bridgehead atoms. The molecule has 16 heavy (non-hydrogen) atoms. The van der Waals surface area contributed by atoms with Crippen molar-refractivity contribution in [2.45, 2.75) is 33.1 Å². The molecule has 0 aromatic heterocycles. The van der Waals surface area contributed by atoms with Crippen molar-refractivity contribution in [1.29, 1.82) is 5.26 Å². The molecular formula is C14H17NO. The highest BCUT2D eigenvalue weighted by Crippen LogP contribution is 2.37. The van der Waals surface area contributed by atoms with Gasteiger partial charge in [-0.3, -0.25) is 4.79 Å². The van der Waals surface area contributed by atoms with Gasteiger partial charge in [-0.15, -0.1) is 6.58 Å². The van der Waals surface area contributed by atoms with E-state index in [4.69, 9.17) is 5.26 Å². The van der Waals surface area contributed by atoms with E-state index in [1.54, 1.807) is 0 Å². The maximum atomic E-state index is 11.6. The van der Waals surface area contributed by atoms with Crippen LogP contribution in [0.2, 0.25) is 0 Å². The third kappa shape index (κ3) is 2.49. The van der Waals surface area contributed by atoms with Gasteiger partial charge in [-0.05, 0) is 30.9 Å². The molecule has 0 fully saturated rings. The highest BCUT2D eigenvalue weighted by molar-refractivity contribution is 6.08. The van der Waals surface area contributed by atoms with Crippen LogP contribution < -0.4 is 0 Å². The van der Waals surface area contributed by atoms with Crippen LogP contribution in [-0.2, 0) is 4.79 Å². The second kappa shape index (κ2) is 4.94. The van der Waals surface area contributed by atoms with Crippen LogP contribution in [-0.4, -0.2) is 5.78 Å². The molecule has 0 N–H and O–H groups in total. The van der Waals surface area contributed by atoms with Gasteiger partial charge in [0.15, 0.2) is 5.78 Å². The molecule has 0 amide bonds. The number of carbonyl (C=O) groups excluding carboxylic acids is 1. The minimum absolute atomic E-state index is 0.157. The quantitative estimate of drug-likeness (QED) is 0.533. The third-order valence-corrected chi connectivity index (χ3v) is 2.92. The maximum absolute atomic E-state index is 11.6. The summed E-state index contributed by atoms with van der Waals surface area (Å²) in [5.41, 5.74) is 1.11. The average molecular weight is 215 g/mol. The molecule has 1 rings (SSSR count). The topological polar surface area (TPSA) is 40.9 Å². The lowest BCUT2D eigenvalue weighted by Crippen LogP contribution is -2.21. The molecule has 0 aromatic carbocycles. The van der Waals surface area contributed by atoms with Crippen LogP contribution in [0.4, 0.5) is 0 Å². The Morgan fingerprint density at radius 1 is 1.56 bits per heavy atom. The van der Waals surface area contributed by atoms with Gasteiger partial charge in [0.2, 0.25) is 0 Å². The monoisotopic (exact) mass is 215 g/mol. The summed E-state index contributed by atoms with van der Waals surface area (Å²) in [5.74, 6) is -0.157. The summed E-state index contributed by atoms with van der Waals surface area (Å²) in [6, 6.07) is 2.04. The van der Waals surface area contributed by atoms with E-state index < -0.39 is 0 Å². The van der Waals surface area contributed by atoms with Crippen LogP contribution in [0.1, 0.15) is 33.1 Å². The van der Waals surface area contributed by atoms with Crippen molar-refractivity contribution in [3.63, 3.8) is 0 Å². The minimum atomic E-state index is -0.180. The Morgan fingerprint density at radius 3 is 2.81 bits per heavy atom. The van der Waals surface area contributed by atoms with Gasteiger partial charge in [-0.1, -0.05) is 26.0 Å². The highest BCUT2D eigenvalue weighted by atomic mass is 16.1. The lowest BCUT2D eigenvalue weighted by atomic mass is 9.75. The zero-order valence-corrected chi connectivity index (χ0v) is 9.92. The summed E-state index contributed by atoms with van der Waals surface area (Å²) < 4.78 is 0. The molecule has 0 heterocycles. The lowest BCUT2D eigenvalue weighted by Gasteiger charge is -2.28. The Hall–Kier alpha value is -1.62. The molecule has 1 aliphatic carbocycles. The van der Waals surface area contributed by atoms with Crippen LogP contribution in [0.3, 0.4) is 0 Å². The van der Waals surface area contributed by atoms with Crippen molar-refractivity contribution in [1.82, 2.24) is 0 Å². The second-order valence-corrected chi connectivity index (χ2v) is 4.57. The summed E-state index contributed by atoms with van der Waals surface area (Å²) in [6.07, 6.45) is 7.90. The van der Waals surface area contributed by atoms with E-state index in [1.807, 2.05) is 32.1 Å². The van der Waals surface area contributed by atoms with Gasteiger partial charge < -0.3 is 0 Å². The lowest BCUT2D eigenvalue weighted by molar-refractivity contribution is -0.111. The fourth-order valence-electron chi connectivity index (χ4n) is 1.93. The predicted molar refractivity (Wildman–Crippen MR) is 64.6 cm³/mol. The highest BCUT2D eigenvalue weighted by Gasteiger charge is 2.29. The molecule has 0 spiro atoms. The van der Waals surface area contributed by atoms with E-state index in [0.717, 1.165) is 24.8 Å². The minimum Gasteiger partial charge on any atom is -0.288 e. The Morgan fingerprint density at radius 2 is 2.25 bits per heavy atom. The molecule has 0 saturated heterocycles. The van der Waals surface area contributed by atoms with Crippen molar-refractivity contribution in [2.75, 3.05) is 0 Å². The smallest absolute Gasteiger partial charge is 0.196 e. The van der Waals surface area contributed by atoms with Gasteiger partial charge in [0.1, 0.15) is 6.07 Å². The van der Waals surface area contributed by atoms with Crippen LogP contribution in [0.25, 0.3) is 0 Å². The van der Waals surface area contributed by atoms with Crippen molar-refractivity contribution in [3.05, 3.63) is 36.0 Å². The molecule has 1 aliphatic rings. The molecule has 0 aromatic rings. The zero-order chi connectivity index (χ0) is 12.2. The van der Waals surface area contributed by atoms with Crippen molar-refractivity contribution < 1.29 is 4.79 Å². The first kappa shape index (κ1) is 12.4. The first-order valence-corrected chi connectivity index (χ1v) is 5.51. The van der Waals surface area contributed by atoms with Gasteiger partial charge in [0.25, 0.3) is 0 Å². The van der Waals surface area contributed by atoms with Crippen molar-refractivity contribution >= 4 is 5.78 Å². The summed E-state index contributed by atoms with van der Waals surface area (Å²) in [5, 5.41) is 9.04.